The summed E-state index contributed by atoms with van der Waals surface area (Å²) in [6.07, 6.45) is -0.721. The second-order valence-corrected chi connectivity index (χ2v) is 9.87. The maximum atomic E-state index is 13.0. The Morgan fingerprint density at radius 1 is 0.839 bits per heavy atom. The first-order valence-electron chi connectivity index (χ1n) is 10.5. The topological polar surface area (TPSA) is 55.8 Å². The van der Waals surface area contributed by atoms with Crippen molar-refractivity contribution >= 4 is 23.7 Å². The van der Waals surface area contributed by atoms with Crippen molar-refractivity contribution in [1.29, 1.82) is 0 Å². The molecule has 0 heterocycles. The zero-order chi connectivity index (χ0) is 23.2. The van der Waals surface area contributed by atoms with Crippen LogP contribution >= 0.6 is 11.8 Å². The zero-order valence-corrected chi connectivity index (χ0v) is 20.3. The molecule has 0 aliphatic heterocycles. The number of hydrogen-bond donors (Lipinski definition) is 0. The molecular formula is C25H33NO4S. The molecule has 31 heavy (non-hydrogen) atoms. The molecule has 0 bridgehead atoms. The highest BCUT2D eigenvalue weighted by molar-refractivity contribution is 7.99. The fourth-order valence-corrected chi connectivity index (χ4v) is 4.08. The van der Waals surface area contributed by atoms with Crippen molar-refractivity contribution in [2.24, 2.45) is 0 Å². The zero-order valence-electron chi connectivity index (χ0n) is 19.5. The minimum Gasteiger partial charge on any atom is -0.428 e. The van der Waals surface area contributed by atoms with Crippen molar-refractivity contribution in [3.63, 3.8) is 0 Å². The van der Waals surface area contributed by atoms with Crippen LogP contribution in [0.3, 0.4) is 0 Å². The maximum absolute atomic E-state index is 13.0. The van der Waals surface area contributed by atoms with Crippen LogP contribution in [-0.2, 0) is 4.74 Å². The minimum absolute atomic E-state index is 0.122. The summed E-state index contributed by atoms with van der Waals surface area (Å²) in [7, 11) is 0. The van der Waals surface area contributed by atoms with Gasteiger partial charge in [0, 0.05) is 15.4 Å². The van der Waals surface area contributed by atoms with E-state index in [9.17, 15) is 9.59 Å². The summed E-state index contributed by atoms with van der Waals surface area (Å²) in [4.78, 5) is 29.0. The van der Waals surface area contributed by atoms with Crippen LogP contribution in [0.4, 0.5) is 4.79 Å². The Balaban J connectivity index is 2.02. The van der Waals surface area contributed by atoms with E-state index in [1.54, 1.807) is 44.7 Å². The number of hydrogen-bond acceptors (Lipinski definition) is 6. The molecule has 0 unspecified atom stereocenters. The highest BCUT2D eigenvalue weighted by Crippen LogP contribution is 2.30. The number of carbonyl (C=O) groups is 2. The van der Waals surface area contributed by atoms with Gasteiger partial charge in [0.25, 0.3) is 0 Å². The number of nitrogens with zero attached hydrogens (tertiary/aromatic N) is 1. The predicted octanol–water partition coefficient (Wildman–Crippen LogP) is 6.45. The monoisotopic (exact) mass is 443 g/mol. The van der Waals surface area contributed by atoms with E-state index in [0.717, 1.165) is 22.9 Å². The van der Waals surface area contributed by atoms with E-state index >= 15 is 0 Å². The van der Waals surface area contributed by atoms with Crippen LogP contribution in [0.25, 0.3) is 0 Å². The molecule has 2 rings (SSSR count). The van der Waals surface area contributed by atoms with E-state index in [1.165, 1.54) is 0 Å². The summed E-state index contributed by atoms with van der Waals surface area (Å²) < 4.78 is 10.3. The summed E-state index contributed by atoms with van der Waals surface area (Å²) in [5.74, 6) is 0.551. The molecule has 0 atom stereocenters. The van der Waals surface area contributed by atoms with E-state index in [-0.39, 0.29) is 5.78 Å². The molecule has 2 aromatic carbocycles. The average Bonchev–Trinajstić information content (AvgIpc) is 2.69. The molecule has 0 radical (unpaired) electrons. The van der Waals surface area contributed by atoms with Gasteiger partial charge in [-0.05, 0) is 84.1 Å². The predicted molar refractivity (Wildman–Crippen MR) is 125 cm³/mol. The van der Waals surface area contributed by atoms with Crippen LogP contribution in [0.15, 0.2) is 58.3 Å². The second kappa shape index (κ2) is 10.3. The number of likely N-dealkylation sites (N-methyl/N-ethyl adjacent to an activating group) is 1. The Kier molecular flexibility index (Phi) is 8.32. The quantitative estimate of drug-likeness (QED) is 0.265. The van der Waals surface area contributed by atoms with Crippen LogP contribution in [0.5, 0.6) is 5.75 Å². The number of ether oxygens (including phenoxy) is 2. The van der Waals surface area contributed by atoms with Gasteiger partial charge in [-0.25, -0.2) is 4.79 Å². The highest BCUT2D eigenvalue weighted by Gasteiger charge is 2.33. The summed E-state index contributed by atoms with van der Waals surface area (Å²) in [6.45, 7) is 15.1. The van der Waals surface area contributed by atoms with E-state index in [2.05, 4.69) is 18.7 Å². The lowest BCUT2D eigenvalue weighted by atomic mass is 9.91. The van der Waals surface area contributed by atoms with Gasteiger partial charge in [-0.1, -0.05) is 37.7 Å². The molecule has 0 aliphatic rings. The third-order valence-electron chi connectivity index (χ3n) is 4.88. The third-order valence-corrected chi connectivity index (χ3v) is 5.89. The Morgan fingerprint density at radius 3 is 1.77 bits per heavy atom. The molecule has 0 N–H and O–H groups in total. The fourth-order valence-electron chi connectivity index (χ4n) is 3.26. The molecular weight excluding hydrogens is 410 g/mol. The number of ketones is 1. The smallest absolute Gasteiger partial charge is 0.428 e. The van der Waals surface area contributed by atoms with Gasteiger partial charge < -0.3 is 9.47 Å². The van der Waals surface area contributed by atoms with Gasteiger partial charge in [0.15, 0.2) is 5.78 Å². The van der Waals surface area contributed by atoms with Crippen LogP contribution in [-0.4, -0.2) is 41.1 Å². The van der Waals surface area contributed by atoms with Crippen molar-refractivity contribution in [3.05, 3.63) is 54.1 Å². The Labute approximate surface area is 190 Å². The van der Waals surface area contributed by atoms with Crippen molar-refractivity contribution in [1.82, 2.24) is 4.90 Å². The molecule has 0 spiro atoms. The van der Waals surface area contributed by atoms with Crippen LogP contribution in [0, 0.1) is 0 Å². The summed E-state index contributed by atoms with van der Waals surface area (Å²) in [5.41, 5.74) is -0.425. The van der Waals surface area contributed by atoms with E-state index in [4.69, 9.17) is 9.47 Å². The first-order valence-corrected chi connectivity index (χ1v) is 11.4. The SMILES string of the molecule is CCN(CC)C(C)(C)C(=O)c1ccc(Sc2ccc(OC(=O)OC(C)(C)C)cc2)cc1. The van der Waals surface area contributed by atoms with E-state index in [1.807, 2.05) is 50.2 Å². The minimum atomic E-state index is -0.721. The van der Waals surface area contributed by atoms with Gasteiger partial charge in [-0.15, -0.1) is 0 Å². The number of Topliss-reactive ketones (excluding diaryl/α,β-unsaturated/α-hetero) is 1. The molecule has 168 valence electrons. The van der Waals surface area contributed by atoms with Crippen molar-refractivity contribution in [3.8, 4) is 5.75 Å². The lowest BCUT2D eigenvalue weighted by molar-refractivity contribution is 0.0206. The summed E-state index contributed by atoms with van der Waals surface area (Å²) in [6, 6.07) is 14.9. The third kappa shape index (κ3) is 7.11. The molecule has 0 saturated heterocycles. The van der Waals surface area contributed by atoms with Crippen molar-refractivity contribution in [2.75, 3.05) is 13.1 Å². The fraction of sp³-hybridized carbons (Fsp3) is 0.440. The average molecular weight is 444 g/mol. The molecule has 0 aromatic heterocycles. The number of carbonyl (C=O) groups excluding carboxylic acids is 2. The van der Waals surface area contributed by atoms with Gasteiger partial charge in [0.05, 0.1) is 5.54 Å². The van der Waals surface area contributed by atoms with Gasteiger partial charge in [0.1, 0.15) is 11.4 Å². The maximum Gasteiger partial charge on any atom is 0.514 e. The first kappa shape index (κ1) is 25.0. The van der Waals surface area contributed by atoms with Crippen LogP contribution < -0.4 is 4.74 Å². The van der Waals surface area contributed by atoms with Gasteiger partial charge in [-0.3, -0.25) is 9.69 Å². The van der Waals surface area contributed by atoms with E-state index in [0.29, 0.717) is 11.3 Å². The Bertz CT molecular complexity index is 879. The van der Waals surface area contributed by atoms with Gasteiger partial charge in [-0.2, -0.15) is 0 Å². The lowest BCUT2D eigenvalue weighted by Gasteiger charge is -2.35. The van der Waals surface area contributed by atoms with E-state index < -0.39 is 17.3 Å². The number of rotatable bonds is 8. The molecule has 2 aromatic rings. The first-order chi connectivity index (χ1) is 14.5. The summed E-state index contributed by atoms with van der Waals surface area (Å²) >= 11 is 1.57. The molecule has 0 fully saturated rings. The molecule has 0 aliphatic carbocycles. The van der Waals surface area contributed by atoms with Gasteiger partial charge >= 0.3 is 6.16 Å². The molecule has 0 saturated carbocycles. The van der Waals surface area contributed by atoms with Crippen molar-refractivity contribution in [2.45, 2.75) is 69.4 Å². The molecule has 0 amide bonds. The standard InChI is InChI=1S/C25H33NO4S/c1-8-26(9-2)25(6,7)22(27)18-10-14-20(15-11-18)31-21-16-12-19(13-17-21)29-23(28)30-24(3,4)5/h10-17H,8-9H2,1-7H3. The second-order valence-electron chi connectivity index (χ2n) is 8.72. The van der Waals surface area contributed by atoms with Gasteiger partial charge in [0.2, 0.25) is 0 Å². The summed E-state index contributed by atoms with van der Waals surface area (Å²) in [5, 5.41) is 0. The van der Waals surface area contributed by atoms with Crippen LogP contribution in [0.2, 0.25) is 0 Å². The molecule has 5 nitrogen and oxygen atoms in total. The lowest BCUT2D eigenvalue weighted by Crippen LogP contribution is -2.49. The normalized spacial score (nSPS) is 12.0. The van der Waals surface area contributed by atoms with Crippen LogP contribution in [0.1, 0.15) is 58.8 Å². The Morgan fingerprint density at radius 2 is 1.32 bits per heavy atom. The highest BCUT2D eigenvalue weighted by atomic mass is 32.2. The van der Waals surface area contributed by atoms with Crippen molar-refractivity contribution < 1.29 is 19.1 Å². The number of benzene rings is 2. The largest absolute Gasteiger partial charge is 0.514 e. The Hall–Kier alpha value is -2.31. The molecule has 6 heteroatoms.